The molecule has 0 saturated heterocycles. The van der Waals surface area contributed by atoms with E-state index < -0.39 is 11.9 Å². The van der Waals surface area contributed by atoms with E-state index in [9.17, 15) is 9.59 Å². The largest absolute Gasteiger partial charge is 0.493 e. The van der Waals surface area contributed by atoms with Gasteiger partial charge in [-0.1, -0.05) is 40.6 Å². The van der Waals surface area contributed by atoms with Crippen molar-refractivity contribution >= 4 is 56.6 Å². The highest BCUT2D eigenvalue weighted by Gasteiger charge is 2.19. The predicted octanol–water partition coefficient (Wildman–Crippen LogP) is 4.33. The van der Waals surface area contributed by atoms with Gasteiger partial charge in [-0.25, -0.2) is 0 Å². The molecule has 0 saturated carbocycles. The molecular formula is C20H18Cl2N2O5S. The van der Waals surface area contributed by atoms with E-state index in [-0.39, 0.29) is 29.3 Å². The number of benzene rings is 2. The Bertz CT molecular complexity index is 1190. The maximum absolute atomic E-state index is 13.0. The molecule has 0 radical (unpaired) electrons. The zero-order valence-corrected chi connectivity index (χ0v) is 18.7. The summed E-state index contributed by atoms with van der Waals surface area (Å²) < 4.78 is 17.8. The number of hydrogen-bond acceptors (Lipinski definition) is 6. The van der Waals surface area contributed by atoms with E-state index in [1.165, 1.54) is 25.6 Å². The van der Waals surface area contributed by atoms with Crippen LogP contribution in [0.3, 0.4) is 0 Å². The summed E-state index contributed by atoms with van der Waals surface area (Å²) in [5.74, 6) is -0.356. The highest BCUT2D eigenvalue weighted by Crippen LogP contribution is 2.32. The first-order valence-electron chi connectivity index (χ1n) is 8.83. The van der Waals surface area contributed by atoms with Crippen LogP contribution in [-0.4, -0.2) is 37.3 Å². The normalized spacial score (nSPS) is 11.6. The molecule has 0 aliphatic carbocycles. The second kappa shape index (κ2) is 9.51. The Morgan fingerprint density at radius 2 is 1.93 bits per heavy atom. The van der Waals surface area contributed by atoms with Crippen LogP contribution in [0.1, 0.15) is 17.3 Å². The van der Waals surface area contributed by atoms with E-state index in [0.29, 0.717) is 26.0 Å². The van der Waals surface area contributed by atoms with Gasteiger partial charge < -0.3 is 18.8 Å². The number of methoxy groups -OCH3 is 2. The number of carbonyl (C=O) groups excluding carboxylic acids is 2. The van der Waals surface area contributed by atoms with Crippen LogP contribution in [0.4, 0.5) is 0 Å². The van der Waals surface area contributed by atoms with Gasteiger partial charge in [0.25, 0.3) is 5.91 Å². The molecule has 30 heavy (non-hydrogen) atoms. The lowest BCUT2D eigenvalue weighted by molar-refractivity contribution is -0.143. The maximum atomic E-state index is 13.0. The van der Waals surface area contributed by atoms with Crippen molar-refractivity contribution in [2.45, 2.75) is 13.5 Å². The summed E-state index contributed by atoms with van der Waals surface area (Å²) in [6.07, 6.45) is 0. The zero-order valence-electron chi connectivity index (χ0n) is 16.4. The number of fused-ring (bicyclic) bond motifs is 1. The fraction of sp³-hybridized carbons (Fsp3) is 0.250. The summed E-state index contributed by atoms with van der Waals surface area (Å²) in [5, 5.41) is 0.773. The molecule has 7 nitrogen and oxygen atoms in total. The monoisotopic (exact) mass is 468 g/mol. The number of carbonyl (C=O) groups is 2. The Labute approximate surface area is 186 Å². The van der Waals surface area contributed by atoms with Crippen LogP contribution in [0, 0.1) is 0 Å². The van der Waals surface area contributed by atoms with Crippen molar-refractivity contribution < 1.29 is 23.8 Å². The van der Waals surface area contributed by atoms with E-state index in [1.807, 2.05) is 0 Å². The third-order valence-electron chi connectivity index (χ3n) is 4.12. The summed E-state index contributed by atoms with van der Waals surface area (Å²) in [5.41, 5.74) is 0.768. The Hall–Kier alpha value is -2.55. The number of rotatable bonds is 6. The van der Waals surface area contributed by atoms with Gasteiger partial charge in [-0.2, -0.15) is 4.99 Å². The van der Waals surface area contributed by atoms with Gasteiger partial charge in [0.15, 0.2) is 16.3 Å². The third-order valence-corrected chi connectivity index (χ3v) is 5.65. The van der Waals surface area contributed by atoms with Crippen molar-refractivity contribution in [2.75, 3.05) is 20.8 Å². The number of ether oxygens (including phenoxy) is 3. The number of esters is 1. The molecule has 0 spiro atoms. The lowest BCUT2D eigenvalue weighted by Gasteiger charge is -2.10. The lowest BCUT2D eigenvalue weighted by Crippen LogP contribution is -2.23. The molecular weight excluding hydrogens is 451 g/mol. The minimum absolute atomic E-state index is 0.156. The molecule has 0 bridgehead atoms. The van der Waals surface area contributed by atoms with E-state index in [4.69, 9.17) is 37.4 Å². The standard InChI is InChI=1S/C20H18Cl2N2O5S/c1-4-29-16(25)10-24-17-13(22)8-11(21)9-15(17)30-20(24)23-19(26)12-6-5-7-14(27-2)18(12)28-3/h5-9H,4,10H2,1-3H3. The first-order valence-corrected chi connectivity index (χ1v) is 10.4. The third kappa shape index (κ3) is 4.45. The second-order valence-corrected chi connectivity index (χ2v) is 7.82. The van der Waals surface area contributed by atoms with Gasteiger partial charge in [-0.15, -0.1) is 0 Å². The minimum atomic E-state index is -0.558. The van der Waals surface area contributed by atoms with Gasteiger partial charge in [0.2, 0.25) is 0 Å². The average Bonchev–Trinajstić information content (AvgIpc) is 3.03. The number of hydrogen-bond donors (Lipinski definition) is 0. The quantitative estimate of drug-likeness (QED) is 0.503. The minimum Gasteiger partial charge on any atom is -0.493 e. The van der Waals surface area contributed by atoms with Gasteiger partial charge in [-0.3, -0.25) is 9.59 Å². The number of thiazole rings is 1. The van der Waals surface area contributed by atoms with Gasteiger partial charge >= 0.3 is 5.97 Å². The summed E-state index contributed by atoms with van der Waals surface area (Å²) in [7, 11) is 2.92. The molecule has 0 atom stereocenters. The van der Waals surface area contributed by atoms with Crippen LogP contribution in [0.15, 0.2) is 35.3 Å². The highest BCUT2D eigenvalue weighted by molar-refractivity contribution is 7.16. The number of amides is 1. The predicted molar refractivity (Wildman–Crippen MR) is 116 cm³/mol. The molecule has 1 aromatic heterocycles. The Balaban J connectivity index is 2.20. The Morgan fingerprint density at radius 1 is 1.17 bits per heavy atom. The van der Waals surface area contributed by atoms with Crippen molar-refractivity contribution in [1.29, 1.82) is 0 Å². The average molecular weight is 469 g/mol. The lowest BCUT2D eigenvalue weighted by atomic mass is 10.2. The maximum Gasteiger partial charge on any atom is 0.326 e. The second-order valence-electron chi connectivity index (χ2n) is 5.97. The number of nitrogens with zero attached hydrogens (tertiary/aromatic N) is 2. The fourth-order valence-corrected chi connectivity index (χ4v) is 4.71. The number of para-hydroxylation sites is 1. The molecule has 1 amide bonds. The van der Waals surface area contributed by atoms with Crippen LogP contribution in [-0.2, 0) is 16.1 Å². The van der Waals surface area contributed by atoms with Crippen molar-refractivity contribution in [1.82, 2.24) is 4.57 Å². The SMILES string of the molecule is CCOC(=O)Cn1c(=NC(=O)c2cccc(OC)c2OC)sc2cc(Cl)cc(Cl)c21. The van der Waals surface area contributed by atoms with Crippen LogP contribution < -0.4 is 14.3 Å². The number of halogens is 2. The van der Waals surface area contributed by atoms with E-state index >= 15 is 0 Å². The molecule has 3 aromatic rings. The van der Waals surface area contributed by atoms with Crippen molar-refractivity contribution in [3.8, 4) is 11.5 Å². The molecule has 2 aromatic carbocycles. The first-order chi connectivity index (χ1) is 14.4. The van der Waals surface area contributed by atoms with Gasteiger partial charge in [0.05, 0.1) is 41.6 Å². The molecule has 0 aliphatic heterocycles. The molecule has 0 aliphatic rings. The summed E-state index contributed by atoms with van der Waals surface area (Å²) >= 11 is 13.7. The Kier molecular flexibility index (Phi) is 7.02. The van der Waals surface area contributed by atoms with E-state index in [1.54, 1.807) is 41.8 Å². The van der Waals surface area contributed by atoms with Crippen LogP contribution >= 0.6 is 34.5 Å². The summed E-state index contributed by atoms with van der Waals surface area (Å²) in [6, 6.07) is 8.19. The Morgan fingerprint density at radius 3 is 2.60 bits per heavy atom. The van der Waals surface area contributed by atoms with Gasteiger partial charge in [0.1, 0.15) is 6.54 Å². The van der Waals surface area contributed by atoms with Gasteiger partial charge in [0, 0.05) is 5.02 Å². The molecule has 0 N–H and O–H groups in total. The van der Waals surface area contributed by atoms with Crippen LogP contribution in [0.2, 0.25) is 10.0 Å². The zero-order chi connectivity index (χ0) is 21.8. The first kappa shape index (κ1) is 22.1. The topological polar surface area (TPSA) is 79.1 Å². The van der Waals surface area contributed by atoms with Crippen molar-refractivity contribution in [3.05, 3.63) is 50.7 Å². The molecule has 0 unspecified atom stereocenters. The van der Waals surface area contributed by atoms with Crippen LogP contribution in [0.5, 0.6) is 11.5 Å². The van der Waals surface area contributed by atoms with E-state index in [0.717, 1.165) is 0 Å². The van der Waals surface area contributed by atoms with E-state index in [2.05, 4.69) is 4.99 Å². The molecule has 3 rings (SSSR count). The number of aromatic nitrogens is 1. The smallest absolute Gasteiger partial charge is 0.326 e. The summed E-state index contributed by atoms with van der Waals surface area (Å²) in [6.45, 7) is 1.79. The van der Waals surface area contributed by atoms with Gasteiger partial charge in [-0.05, 0) is 31.2 Å². The molecule has 158 valence electrons. The molecule has 10 heteroatoms. The molecule has 1 heterocycles. The molecule has 0 fully saturated rings. The highest BCUT2D eigenvalue weighted by atomic mass is 35.5. The fourth-order valence-electron chi connectivity index (χ4n) is 2.90. The summed E-state index contributed by atoms with van der Waals surface area (Å²) in [4.78, 5) is 29.6. The van der Waals surface area contributed by atoms with Crippen LogP contribution in [0.25, 0.3) is 10.2 Å². The van der Waals surface area contributed by atoms with Crippen molar-refractivity contribution in [2.24, 2.45) is 4.99 Å². The van der Waals surface area contributed by atoms with Crippen molar-refractivity contribution in [3.63, 3.8) is 0 Å².